The molecule has 3 aromatic rings. The molecule has 0 bridgehead atoms. The number of hydrogen-bond donors (Lipinski definition) is 1. The van der Waals surface area contributed by atoms with Gasteiger partial charge in [0.25, 0.3) is 5.91 Å². The van der Waals surface area contributed by atoms with Gasteiger partial charge in [-0.1, -0.05) is 47.5 Å². The van der Waals surface area contributed by atoms with E-state index in [0.717, 1.165) is 46.3 Å². The van der Waals surface area contributed by atoms with Gasteiger partial charge in [-0.25, -0.2) is 0 Å². The summed E-state index contributed by atoms with van der Waals surface area (Å²) in [5.41, 5.74) is 7.34. The van der Waals surface area contributed by atoms with Crippen molar-refractivity contribution in [3.63, 3.8) is 0 Å². The van der Waals surface area contributed by atoms with Gasteiger partial charge in [0.2, 0.25) is 0 Å². The maximum absolute atomic E-state index is 13.1. The number of aryl methyl sites for hydroxylation is 3. The number of hydrogen-bond acceptors (Lipinski definition) is 2. The van der Waals surface area contributed by atoms with E-state index in [9.17, 15) is 4.79 Å². The van der Waals surface area contributed by atoms with Gasteiger partial charge in [-0.3, -0.25) is 4.79 Å². The number of piperazine rings is 1. The molecule has 150 valence electrons. The number of carbonyl (C=O) groups is 1. The monoisotopic (exact) mass is 407 g/mol. The van der Waals surface area contributed by atoms with Crippen molar-refractivity contribution in [2.45, 2.75) is 20.8 Å². The molecule has 0 unspecified atom stereocenters. The Bertz CT molecular complexity index is 1030. The minimum absolute atomic E-state index is 0.0968. The van der Waals surface area contributed by atoms with Crippen LogP contribution in [0.4, 0.5) is 5.69 Å². The molecule has 4 rings (SSSR count). The number of nitrogens with zero attached hydrogens (tertiary/aromatic N) is 2. The second-order valence-corrected chi connectivity index (χ2v) is 8.23. The van der Waals surface area contributed by atoms with Crippen molar-refractivity contribution in [1.82, 2.24) is 9.88 Å². The Kier molecular flexibility index (Phi) is 5.37. The highest BCUT2D eigenvalue weighted by molar-refractivity contribution is 6.30. The predicted octanol–water partition coefficient (Wildman–Crippen LogP) is 5.22. The number of nitrogens with one attached hydrogen (secondary N) is 1. The van der Waals surface area contributed by atoms with E-state index < -0.39 is 0 Å². The average Bonchev–Trinajstić information content (AvgIpc) is 3.11. The molecule has 0 atom stereocenters. The van der Waals surface area contributed by atoms with Crippen molar-refractivity contribution in [3.8, 4) is 11.3 Å². The summed E-state index contributed by atoms with van der Waals surface area (Å²) in [6.45, 7) is 9.16. The van der Waals surface area contributed by atoms with E-state index in [-0.39, 0.29) is 5.91 Å². The third-order valence-electron chi connectivity index (χ3n) is 5.69. The fourth-order valence-corrected chi connectivity index (χ4v) is 4.08. The van der Waals surface area contributed by atoms with Gasteiger partial charge in [0.15, 0.2) is 0 Å². The van der Waals surface area contributed by atoms with Crippen molar-refractivity contribution in [2.75, 3.05) is 31.1 Å². The summed E-state index contributed by atoms with van der Waals surface area (Å²) in [5, 5.41) is 0.746. The molecule has 29 heavy (non-hydrogen) atoms. The fraction of sp³-hybridized carbons (Fsp3) is 0.292. The van der Waals surface area contributed by atoms with Crippen LogP contribution < -0.4 is 4.90 Å². The molecule has 1 aliphatic rings. The predicted molar refractivity (Wildman–Crippen MR) is 120 cm³/mol. The number of benzene rings is 2. The molecule has 1 aromatic heterocycles. The molecule has 1 aliphatic heterocycles. The van der Waals surface area contributed by atoms with E-state index >= 15 is 0 Å². The van der Waals surface area contributed by atoms with Gasteiger partial charge >= 0.3 is 0 Å². The highest BCUT2D eigenvalue weighted by Crippen LogP contribution is 2.27. The Balaban J connectivity index is 1.47. The van der Waals surface area contributed by atoms with E-state index in [2.05, 4.69) is 48.0 Å². The summed E-state index contributed by atoms with van der Waals surface area (Å²) < 4.78 is 0. The SMILES string of the molecule is Cc1ccc(-c2cc(C(=O)N3CCN(c4cc(Cl)ccc4C)CC3)c(C)[nH]2)cc1. The molecule has 1 fully saturated rings. The molecule has 0 radical (unpaired) electrons. The lowest BCUT2D eigenvalue weighted by Gasteiger charge is -2.37. The number of amides is 1. The summed E-state index contributed by atoms with van der Waals surface area (Å²) >= 11 is 6.18. The van der Waals surface area contributed by atoms with Crippen LogP contribution in [0.25, 0.3) is 11.3 Å². The smallest absolute Gasteiger partial charge is 0.255 e. The van der Waals surface area contributed by atoms with Crippen LogP contribution in [0.15, 0.2) is 48.5 Å². The summed E-state index contributed by atoms with van der Waals surface area (Å²) in [7, 11) is 0. The maximum Gasteiger partial charge on any atom is 0.255 e. The van der Waals surface area contributed by atoms with Crippen LogP contribution in [0.2, 0.25) is 5.02 Å². The quantitative estimate of drug-likeness (QED) is 0.646. The molecule has 5 heteroatoms. The van der Waals surface area contributed by atoms with Crippen LogP contribution >= 0.6 is 11.6 Å². The standard InChI is InChI=1S/C24H26ClN3O/c1-16-4-7-19(8-5-16)22-15-21(18(3)26-22)24(29)28-12-10-27(11-13-28)23-14-20(25)9-6-17(23)2/h4-9,14-15,26H,10-13H2,1-3H3. The topological polar surface area (TPSA) is 39.3 Å². The first-order chi connectivity index (χ1) is 13.9. The van der Waals surface area contributed by atoms with Gasteiger partial charge in [-0.05, 0) is 50.1 Å². The Labute approximate surface area is 177 Å². The van der Waals surface area contributed by atoms with Crippen molar-refractivity contribution in [1.29, 1.82) is 0 Å². The number of rotatable bonds is 3. The summed E-state index contributed by atoms with van der Waals surface area (Å²) in [6.07, 6.45) is 0. The molecule has 4 nitrogen and oxygen atoms in total. The molecule has 2 heterocycles. The van der Waals surface area contributed by atoms with Gasteiger partial charge in [0.1, 0.15) is 0 Å². The van der Waals surface area contributed by atoms with Crippen molar-refractivity contribution in [3.05, 3.63) is 75.9 Å². The molecule has 1 amide bonds. The minimum atomic E-state index is 0.0968. The second-order valence-electron chi connectivity index (χ2n) is 7.80. The van der Waals surface area contributed by atoms with E-state index in [1.54, 1.807) is 0 Å². The zero-order valence-corrected chi connectivity index (χ0v) is 17.9. The van der Waals surface area contributed by atoms with Gasteiger partial charge in [0.05, 0.1) is 5.56 Å². The lowest BCUT2D eigenvalue weighted by atomic mass is 10.1. The van der Waals surface area contributed by atoms with E-state index in [0.29, 0.717) is 13.1 Å². The molecule has 0 saturated carbocycles. The largest absolute Gasteiger partial charge is 0.368 e. The normalized spacial score (nSPS) is 14.3. The first-order valence-electron chi connectivity index (χ1n) is 9.99. The molecule has 0 aliphatic carbocycles. The van der Waals surface area contributed by atoms with Crippen LogP contribution in [-0.4, -0.2) is 42.0 Å². The summed E-state index contributed by atoms with van der Waals surface area (Å²) in [4.78, 5) is 20.8. The lowest BCUT2D eigenvalue weighted by Crippen LogP contribution is -2.49. The summed E-state index contributed by atoms with van der Waals surface area (Å²) in [5.74, 6) is 0.0968. The minimum Gasteiger partial charge on any atom is -0.368 e. The van der Waals surface area contributed by atoms with Gasteiger partial charge in [-0.15, -0.1) is 0 Å². The van der Waals surface area contributed by atoms with Crippen LogP contribution in [0.3, 0.4) is 0 Å². The van der Waals surface area contributed by atoms with E-state index in [1.165, 1.54) is 11.1 Å². The van der Waals surface area contributed by atoms with Gasteiger partial charge < -0.3 is 14.8 Å². The third-order valence-corrected chi connectivity index (χ3v) is 5.92. The zero-order chi connectivity index (χ0) is 20.5. The Hall–Kier alpha value is -2.72. The first-order valence-corrected chi connectivity index (χ1v) is 10.4. The van der Waals surface area contributed by atoms with Gasteiger partial charge in [0, 0.05) is 48.3 Å². The van der Waals surface area contributed by atoms with Crippen molar-refractivity contribution >= 4 is 23.2 Å². The van der Waals surface area contributed by atoms with Crippen LogP contribution in [0.1, 0.15) is 27.2 Å². The number of aromatic amines is 1. The van der Waals surface area contributed by atoms with Crippen LogP contribution in [-0.2, 0) is 0 Å². The molecule has 2 aromatic carbocycles. The number of carbonyl (C=O) groups excluding carboxylic acids is 1. The number of H-pyrrole nitrogens is 1. The average molecular weight is 408 g/mol. The second kappa shape index (κ2) is 7.96. The van der Waals surface area contributed by atoms with Crippen molar-refractivity contribution < 1.29 is 4.79 Å². The Morgan fingerprint density at radius 2 is 1.62 bits per heavy atom. The molecular formula is C24H26ClN3O. The fourth-order valence-electron chi connectivity index (χ4n) is 3.91. The molecular weight excluding hydrogens is 382 g/mol. The zero-order valence-electron chi connectivity index (χ0n) is 17.1. The van der Waals surface area contributed by atoms with E-state index in [4.69, 9.17) is 11.6 Å². The number of halogens is 1. The molecule has 1 N–H and O–H groups in total. The number of aromatic nitrogens is 1. The molecule has 1 saturated heterocycles. The maximum atomic E-state index is 13.1. The Morgan fingerprint density at radius 3 is 2.31 bits per heavy atom. The Morgan fingerprint density at radius 1 is 0.931 bits per heavy atom. The lowest BCUT2D eigenvalue weighted by molar-refractivity contribution is 0.0746. The van der Waals surface area contributed by atoms with Gasteiger partial charge in [-0.2, -0.15) is 0 Å². The highest BCUT2D eigenvalue weighted by atomic mass is 35.5. The summed E-state index contributed by atoms with van der Waals surface area (Å²) in [6, 6.07) is 16.3. The highest BCUT2D eigenvalue weighted by Gasteiger charge is 2.25. The number of anilines is 1. The van der Waals surface area contributed by atoms with Crippen LogP contribution in [0, 0.1) is 20.8 Å². The van der Waals surface area contributed by atoms with Crippen molar-refractivity contribution in [2.24, 2.45) is 0 Å². The first kappa shape index (κ1) is 19.6. The molecule has 0 spiro atoms. The van der Waals surface area contributed by atoms with E-state index in [1.807, 2.05) is 36.1 Å². The van der Waals surface area contributed by atoms with Crippen LogP contribution in [0.5, 0.6) is 0 Å². The third kappa shape index (κ3) is 4.03.